The number of anilines is 1. The van der Waals surface area contributed by atoms with E-state index in [4.69, 9.17) is 11.0 Å². The number of rotatable bonds is 1. The Morgan fingerprint density at radius 2 is 1.94 bits per heavy atom. The van der Waals surface area contributed by atoms with E-state index in [0.29, 0.717) is 0 Å². The zero-order valence-electron chi connectivity index (χ0n) is 7.52. The molecule has 0 aromatic carbocycles. The fourth-order valence-electron chi connectivity index (χ4n) is 1.11. The average Bonchev–Trinajstić information content (AvgIpc) is 2.14. The number of pyridine rings is 1. The summed E-state index contributed by atoms with van der Waals surface area (Å²) in [7, 11) is 0. The lowest BCUT2D eigenvalue weighted by Gasteiger charge is -2.13. The van der Waals surface area contributed by atoms with Crippen molar-refractivity contribution in [1.82, 2.24) is 4.98 Å². The van der Waals surface area contributed by atoms with E-state index in [1.54, 1.807) is 0 Å². The van der Waals surface area contributed by atoms with Crippen LogP contribution in [0.1, 0.15) is 23.1 Å². The molecular formula is C8H4F5N3. The fraction of sp³-hybridized carbons (Fsp3) is 0.250. The SMILES string of the molecule is N#Cc1c(N)ncc(C(F)(F)F)c1C(F)F. The number of nitrogens with zero attached hydrogens (tertiary/aromatic N) is 2. The third-order valence-electron chi connectivity index (χ3n) is 1.78. The second-order valence-electron chi connectivity index (χ2n) is 2.76. The summed E-state index contributed by atoms with van der Waals surface area (Å²) in [6.07, 6.45) is -8.26. The van der Waals surface area contributed by atoms with Crippen molar-refractivity contribution in [3.63, 3.8) is 0 Å². The Labute approximate surface area is 86.3 Å². The average molecular weight is 237 g/mol. The smallest absolute Gasteiger partial charge is 0.383 e. The van der Waals surface area contributed by atoms with Crippen LogP contribution in [0.3, 0.4) is 0 Å². The molecule has 86 valence electrons. The van der Waals surface area contributed by atoms with Gasteiger partial charge in [0.25, 0.3) is 6.43 Å². The van der Waals surface area contributed by atoms with Gasteiger partial charge in [-0.25, -0.2) is 13.8 Å². The predicted octanol–water partition coefficient (Wildman–Crippen LogP) is 2.49. The van der Waals surface area contributed by atoms with E-state index in [-0.39, 0.29) is 6.20 Å². The highest BCUT2D eigenvalue weighted by atomic mass is 19.4. The van der Waals surface area contributed by atoms with Crippen molar-refractivity contribution in [3.8, 4) is 6.07 Å². The van der Waals surface area contributed by atoms with E-state index < -0.39 is 35.1 Å². The lowest BCUT2D eigenvalue weighted by molar-refractivity contribution is -0.139. The minimum atomic E-state index is -5.00. The summed E-state index contributed by atoms with van der Waals surface area (Å²) in [6.45, 7) is 0. The van der Waals surface area contributed by atoms with Gasteiger partial charge in [-0.3, -0.25) is 0 Å². The monoisotopic (exact) mass is 237 g/mol. The number of nitriles is 1. The molecule has 1 heterocycles. The zero-order chi connectivity index (χ0) is 12.5. The number of nitrogens with two attached hydrogens (primary N) is 1. The van der Waals surface area contributed by atoms with Crippen LogP contribution in [0.2, 0.25) is 0 Å². The molecule has 0 spiro atoms. The first-order chi connectivity index (χ1) is 7.29. The predicted molar refractivity (Wildman–Crippen MR) is 43.3 cm³/mol. The molecule has 0 aliphatic carbocycles. The normalized spacial score (nSPS) is 11.6. The molecule has 2 N–H and O–H groups in total. The number of hydrogen-bond acceptors (Lipinski definition) is 3. The number of alkyl halides is 5. The summed E-state index contributed by atoms with van der Waals surface area (Å²) in [5.74, 6) is -0.647. The Morgan fingerprint density at radius 1 is 1.38 bits per heavy atom. The molecule has 0 saturated heterocycles. The molecule has 0 bridgehead atoms. The lowest BCUT2D eigenvalue weighted by atomic mass is 10.0. The van der Waals surface area contributed by atoms with Gasteiger partial charge in [0.05, 0.1) is 11.1 Å². The van der Waals surface area contributed by atoms with Gasteiger partial charge in [0, 0.05) is 6.20 Å². The second kappa shape index (κ2) is 3.92. The second-order valence-corrected chi connectivity index (χ2v) is 2.76. The molecule has 1 aromatic rings. The highest BCUT2D eigenvalue weighted by Crippen LogP contribution is 2.38. The van der Waals surface area contributed by atoms with Crippen molar-refractivity contribution < 1.29 is 22.0 Å². The maximum Gasteiger partial charge on any atom is 0.418 e. The van der Waals surface area contributed by atoms with Crippen LogP contribution < -0.4 is 5.73 Å². The van der Waals surface area contributed by atoms with E-state index in [1.165, 1.54) is 6.07 Å². The molecule has 0 saturated carbocycles. The topological polar surface area (TPSA) is 62.7 Å². The summed E-state index contributed by atoms with van der Waals surface area (Å²) in [6, 6.07) is 1.19. The van der Waals surface area contributed by atoms with E-state index in [1.807, 2.05) is 0 Å². The third-order valence-corrected chi connectivity index (χ3v) is 1.78. The Bertz CT molecular complexity index is 446. The minimum absolute atomic E-state index is 0.192. The lowest BCUT2D eigenvalue weighted by Crippen LogP contribution is -2.13. The maximum absolute atomic E-state index is 12.5. The van der Waals surface area contributed by atoms with Crippen LogP contribution >= 0.6 is 0 Å². The highest BCUT2D eigenvalue weighted by molar-refractivity contribution is 5.56. The molecule has 0 aliphatic rings. The number of hydrogen-bond donors (Lipinski definition) is 1. The number of aromatic nitrogens is 1. The van der Waals surface area contributed by atoms with Gasteiger partial charge >= 0.3 is 6.18 Å². The molecule has 1 rings (SSSR count). The number of nitrogen functional groups attached to an aromatic ring is 1. The zero-order valence-corrected chi connectivity index (χ0v) is 7.52. The van der Waals surface area contributed by atoms with Crippen LogP contribution in [0.5, 0.6) is 0 Å². The number of halogens is 5. The van der Waals surface area contributed by atoms with Crippen LogP contribution in [-0.4, -0.2) is 4.98 Å². The minimum Gasteiger partial charge on any atom is -0.383 e. The first-order valence-electron chi connectivity index (χ1n) is 3.82. The van der Waals surface area contributed by atoms with Crippen molar-refractivity contribution in [3.05, 3.63) is 22.9 Å². The first kappa shape index (κ1) is 12.2. The van der Waals surface area contributed by atoms with E-state index in [0.717, 1.165) is 0 Å². The van der Waals surface area contributed by atoms with Gasteiger partial charge in [-0.05, 0) is 0 Å². The van der Waals surface area contributed by atoms with Crippen LogP contribution in [0.25, 0.3) is 0 Å². The first-order valence-corrected chi connectivity index (χ1v) is 3.82. The molecule has 0 amide bonds. The van der Waals surface area contributed by atoms with Crippen LogP contribution in [-0.2, 0) is 6.18 Å². The van der Waals surface area contributed by atoms with Gasteiger partial charge < -0.3 is 5.73 Å². The van der Waals surface area contributed by atoms with Crippen molar-refractivity contribution in [1.29, 1.82) is 5.26 Å². The Hall–Kier alpha value is -1.91. The molecule has 0 radical (unpaired) electrons. The van der Waals surface area contributed by atoms with Gasteiger partial charge in [-0.1, -0.05) is 0 Å². The Morgan fingerprint density at radius 3 is 2.31 bits per heavy atom. The van der Waals surface area contributed by atoms with Crippen LogP contribution in [0, 0.1) is 11.3 Å². The van der Waals surface area contributed by atoms with Gasteiger partial charge in [0.15, 0.2) is 0 Å². The maximum atomic E-state index is 12.5. The van der Waals surface area contributed by atoms with Crippen LogP contribution in [0.15, 0.2) is 6.20 Å². The van der Waals surface area contributed by atoms with Crippen molar-refractivity contribution in [2.24, 2.45) is 0 Å². The standard InChI is InChI=1S/C8H4F5N3/c9-6(10)5-3(1-14)7(15)16-2-4(5)8(11,12)13/h2,6H,(H2,15,16). The summed E-state index contributed by atoms with van der Waals surface area (Å²) in [5, 5.41) is 8.47. The van der Waals surface area contributed by atoms with Crippen molar-refractivity contribution in [2.75, 3.05) is 5.73 Å². The summed E-state index contributed by atoms with van der Waals surface area (Å²) in [5.41, 5.74) is 1.03. The van der Waals surface area contributed by atoms with Crippen molar-refractivity contribution in [2.45, 2.75) is 12.6 Å². The molecule has 3 nitrogen and oxygen atoms in total. The summed E-state index contributed by atoms with van der Waals surface area (Å²) >= 11 is 0. The van der Waals surface area contributed by atoms with Gasteiger partial charge in [0.2, 0.25) is 0 Å². The Kier molecular flexibility index (Phi) is 2.98. The largest absolute Gasteiger partial charge is 0.418 e. The fourth-order valence-corrected chi connectivity index (χ4v) is 1.11. The van der Waals surface area contributed by atoms with Gasteiger partial charge in [0.1, 0.15) is 17.5 Å². The quantitative estimate of drug-likeness (QED) is 0.763. The van der Waals surface area contributed by atoms with E-state index in [2.05, 4.69) is 4.98 Å². The molecule has 0 fully saturated rings. The molecule has 8 heteroatoms. The van der Waals surface area contributed by atoms with Gasteiger partial charge in [-0.15, -0.1) is 0 Å². The molecule has 1 aromatic heterocycles. The van der Waals surface area contributed by atoms with Crippen LogP contribution in [0.4, 0.5) is 27.8 Å². The summed E-state index contributed by atoms with van der Waals surface area (Å²) < 4.78 is 61.9. The molecular weight excluding hydrogens is 233 g/mol. The summed E-state index contributed by atoms with van der Waals surface area (Å²) in [4.78, 5) is 3.06. The van der Waals surface area contributed by atoms with Gasteiger partial charge in [-0.2, -0.15) is 18.4 Å². The Balaban J connectivity index is 3.60. The molecule has 0 aliphatic heterocycles. The van der Waals surface area contributed by atoms with Crippen molar-refractivity contribution >= 4 is 5.82 Å². The molecule has 0 atom stereocenters. The third kappa shape index (κ3) is 2.03. The molecule has 16 heavy (non-hydrogen) atoms. The highest BCUT2D eigenvalue weighted by Gasteiger charge is 2.38. The molecule has 0 unspecified atom stereocenters. The van der Waals surface area contributed by atoms with E-state index >= 15 is 0 Å². The van der Waals surface area contributed by atoms with E-state index in [9.17, 15) is 22.0 Å².